The number of nitrogens with zero attached hydrogens (tertiary/aromatic N) is 3. The highest BCUT2D eigenvalue weighted by Crippen LogP contribution is 2.30. The topological polar surface area (TPSA) is 72.3 Å². The molecule has 3 rings (SSSR count). The Hall–Kier alpha value is -1.32. The third-order valence-electron chi connectivity index (χ3n) is 5.01. The number of thioether (sulfide) groups is 1. The average Bonchev–Trinajstić information content (AvgIpc) is 3.23. The molecule has 9 heteroatoms. The molecule has 0 spiro atoms. The molecule has 1 amide bonds. The Morgan fingerprint density at radius 2 is 2.07 bits per heavy atom. The Labute approximate surface area is 178 Å². The summed E-state index contributed by atoms with van der Waals surface area (Å²) in [7, 11) is -1.32. The maximum atomic E-state index is 12.8. The highest BCUT2D eigenvalue weighted by Gasteiger charge is 2.34. The molecule has 1 aliphatic heterocycles. The van der Waals surface area contributed by atoms with Crippen molar-refractivity contribution >= 4 is 43.4 Å². The first-order chi connectivity index (χ1) is 13.2. The van der Waals surface area contributed by atoms with Gasteiger partial charge in [-0.15, -0.1) is 0 Å². The molecule has 1 aliphatic rings. The van der Waals surface area contributed by atoms with Crippen LogP contribution in [0.25, 0.3) is 11.3 Å². The number of hydrogen-bond donors (Lipinski definition) is 0. The van der Waals surface area contributed by atoms with Gasteiger partial charge in [0.15, 0.2) is 15.0 Å². The monoisotopic (exact) mass is 485 g/mol. The van der Waals surface area contributed by atoms with E-state index in [1.165, 1.54) is 11.8 Å². The predicted octanol–water partition coefficient (Wildman–Crippen LogP) is 3.46. The Morgan fingerprint density at radius 3 is 2.64 bits per heavy atom. The van der Waals surface area contributed by atoms with Crippen LogP contribution in [0.5, 0.6) is 0 Å². The van der Waals surface area contributed by atoms with E-state index >= 15 is 0 Å². The number of hydrogen-bond acceptors (Lipinski definition) is 5. The van der Waals surface area contributed by atoms with Gasteiger partial charge in [-0.05, 0) is 38.0 Å². The highest BCUT2D eigenvalue weighted by molar-refractivity contribution is 9.10. The lowest BCUT2D eigenvalue weighted by atomic mass is 10.2. The summed E-state index contributed by atoms with van der Waals surface area (Å²) >= 11 is 4.86. The van der Waals surface area contributed by atoms with Crippen LogP contribution in [0.2, 0.25) is 0 Å². The fourth-order valence-electron chi connectivity index (χ4n) is 3.37. The Balaban J connectivity index is 1.74. The van der Waals surface area contributed by atoms with Gasteiger partial charge < -0.3 is 9.47 Å². The van der Waals surface area contributed by atoms with Gasteiger partial charge in [0.1, 0.15) is 0 Å². The lowest BCUT2D eigenvalue weighted by Gasteiger charge is -2.26. The summed E-state index contributed by atoms with van der Waals surface area (Å²) in [5, 5.41) is 0.437. The first kappa shape index (κ1) is 21.4. The van der Waals surface area contributed by atoms with Crippen molar-refractivity contribution in [3.8, 4) is 11.3 Å². The molecule has 28 heavy (non-hydrogen) atoms. The van der Waals surface area contributed by atoms with Crippen LogP contribution in [0.3, 0.4) is 0 Å². The van der Waals surface area contributed by atoms with Gasteiger partial charge in [-0.2, -0.15) is 0 Å². The van der Waals surface area contributed by atoms with Crippen LogP contribution in [-0.4, -0.2) is 58.6 Å². The van der Waals surface area contributed by atoms with Crippen LogP contribution in [0.15, 0.2) is 40.1 Å². The lowest BCUT2D eigenvalue weighted by Crippen LogP contribution is -2.41. The van der Waals surface area contributed by atoms with Gasteiger partial charge >= 0.3 is 0 Å². The molecule has 0 radical (unpaired) electrons. The lowest BCUT2D eigenvalue weighted by molar-refractivity contribution is -0.130. The predicted molar refractivity (Wildman–Crippen MR) is 116 cm³/mol. The van der Waals surface area contributed by atoms with E-state index in [4.69, 9.17) is 0 Å². The minimum atomic E-state index is -3.02. The fourth-order valence-corrected chi connectivity index (χ4v) is 6.46. The number of carbonyl (C=O) groups is 1. The number of benzene rings is 1. The molecule has 1 fully saturated rings. The molecule has 1 aromatic heterocycles. The van der Waals surface area contributed by atoms with Crippen molar-refractivity contribution in [2.45, 2.75) is 43.3 Å². The first-order valence-electron chi connectivity index (χ1n) is 9.17. The van der Waals surface area contributed by atoms with Gasteiger partial charge in [-0.1, -0.05) is 39.8 Å². The van der Waals surface area contributed by atoms with Crippen molar-refractivity contribution in [2.75, 3.05) is 18.6 Å². The van der Waals surface area contributed by atoms with Crippen molar-refractivity contribution in [1.82, 2.24) is 14.5 Å². The van der Waals surface area contributed by atoms with Gasteiger partial charge in [0.2, 0.25) is 5.91 Å². The molecule has 0 N–H and O–H groups in total. The second-order valence-electron chi connectivity index (χ2n) is 6.94. The van der Waals surface area contributed by atoms with Gasteiger partial charge in [-0.25, -0.2) is 13.4 Å². The van der Waals surface area contributed by atoms with Crippen LogP contribution in [-0.2, 0) is 21.2 Å². The van der Waals surface area contributed by atoms with Gasteiger partial charge in [0.25, 0.3) is 0 Å². The zero-order valence-corrected chi connectivity index (χ0v) is 19.3. The molecule has 1 aromatic carbocycles. The van der Waals surface area contributed by atoms with Crippen LogP contribution in [0.4, 0.5) is 0 Å². The summed E-state index contributed by atoms with van der Waals surface area (Å²) < 4.78 is 26.5. The van der Waals surface area contributed by atoms with Crippen molar-refractivity contribution < 1.29 is 13.2 Å². The number of aromatic nitrogens is 2. The van der Waals surface area contributed by atoms with E-state index in [0.29, 0.717) is 6.42 Å². The molecule has 152 valence electrons. The molecular formula is C19H24BrN3O3S2. The van der Waals surface area contributed by atoms with Gasteiger partial charge in [-0.3, -0.25) is 4.79 Å². The van der Waals surface area contributed by atoms with Crippen molar-refractivity contribution in [2.24, 2.45) is 0 Å². The molecule has 1 saturated heterocycles. The maximum Gasteiger partial charge on any atom is 0.235 e. The number of imidazole rings is 1. The summed E-state index contributed by atoms with van der Waals surface area (Å²) in [5.41, 5.74) is 2.07. The van der Waals surface area contributed by atoms with Crippen molar-refractivity contribution in [3.63, 3.8) is 0 Å². The third-order valence-corrected chi connectivity index (χ3v) is 8.38. The SMILES string of the molecule is CCn1c(-c2ccc(Br)cc2)cnc1S[C@H](C)C(=O)N(C)[C@@H]1CCS(=O)(=O)C1. The summed E-state index contributed by atoms with van der Waals surface area (Å²) in [4.78, 5) is 19.0. The number of halogens is 1. The summed E-state index contributed by atoms with van der Waals surface area (Å²) in [6, 6.07) is 7.82. The zero-order valence-electron chi connectivity index (χ0n) is 16.1. The quantitative estimate of drug-likeness (QED) is 0.585. The maximum absolute atomic E-state index is 12.8. The summed E-state index contributed by atoms with van der Waals surface area (Å²) in [5.74, 6) is 0.153. The summed E-state index contributed by atoms with van der Waals surface area (Å²) in [6.45, 7) is 4.64. The smallest absolute Gasteiger partial charge is 0.235 e. The Kier molecular flexibility index (Phi) is 6.56. The van der Waals surface area contributed by atoms with Crippen LogP contribution in [0.1, 0.15) is 20.3 Å². The molecule has 0 bridgehead atoms. The molecule has 6 nitrogen and oxygen atoms in total. The van der Waals surface area contributed by atoms with Gasteiger partial charge in [0.05, 0.1) is 28.6 Å². The van der Waals surface area contributed by atoms with E-state index in [9.17, 15) is 13.2 Å². The van der Waals surface area contributed by atoms with Gasteiger partial charge in [0, 0.05) is 24.1 Å². The Bertz CT molecular complexity index is 957. The minimum Gasteiger partial charge on any atom is -0.341 e. The third kappa shape index (κ3) is 4.63. The van der Waals surface area contributed by atoms with E-state index in [-0.39, 0.29) is 28.7 Å². The van der Waals surface area contributed by atoms with Crippen LogP contribution < -0.4 is 0 Å². The normalized spacial score (nSPS) is 19.5. The second-order valence-corrected chi connectivity index (χ2v) is 11.4. The van der Waals surface area contributed by atoms with Crippen LogP contribution >= 0.6 is 27.7 Å². The minimum absolute atomic E-state index is 0.0595. The first-order valence-corrected chi connectivity index (χ1v) is 12.7. The molecule has 2 heterocycles. The fraction of sp³-hybridized carbons (Fsp3) is 0.474. The molecule has 0 unspecified atom stereocenters. The molecule has 0 saturated carbocycles. The molecular weight excluding hydrogens is 462 g/mol. The number of sulfone groups is 1. The van der Waals surface area contributed by atoms with E-state index in [1.807, 2.05) is 37.4 Å². The van der Waals surface area contributed by atoms with Crippen LogP contribution in [0, 0.1) is 0 Å². The molecule has 2 aromatic rings. The number of rotatable bonds is 6. The zero-order chi connectivity index (χ0) is 20.5. The van der Waals surface area contributed by atoms with E-state index < -0.39 is 9.84 Å². The standard InChI is InChI=1S/C19H24BrN3O3S2/c1-4-23-17(14-5-7-15(20)8-6-14)11-21-19(23)27-13(2)18(24)22(3)16-9-10-28(25,26)12-16/h5-8,11,13,16H,4,9-10,12H2,1-3H3/t13-,16-/m1/s1. The van der Waals surface area contributed by atoms with Crippen molar-refractivity contribution in [3.05, 3.63) is 34.9 Å². The highest BCUT2D eigenvalue weighted by atomic mass is 79.9. The Morgan fingerprint density at radius 1 is 1.39 bits per heavy atom. The van der Waals surface area contributed by atoms with E-state index in [2.05, 4.69) is 32.4 Å². The number of amides is 1. The van der Waals surface area contributed by atoms with E-state index in [1.54, 1.807) is 11.9 Å². The second kappa shape index (κ2) is 8.59. The van der Waals surface area contributed by atoms with E-state index in [0.717, 1.165) is 27.4 Å². The molecule has 2 atom stereocenters. The number of carbonyl (C=O) groups excluding carboxylic acids is 1. The largest absolute Gasteiger partial charge is 0.341 e. The summed E-state index contributed by atoms with van der Waals surface area (Å²) in [6.07, 6.45) is 2.35. The van der Waals surface area contributed by atoms with Crippen molar-refractivity contribution in [1.29, 1.82) is 0 Å². The molecule has 0 aliphatic carbocycles. The average molecular weight is 486 g/mol.